The van der Waals surface area contributed by atoms with Gasteiger partial charge in [-0.25, -0.2) is 13.2 Å². The highest BCUT2D eigenvalue weighted by molar-refractivity contribution is 7.90. The summed E-state index contributed by atoms with van der Waals surface area (Å²) in [5, 5.41) is 10.8. The monoisotopic (exact) mass is 420 g/mol. The topological polar surface area (TPSA) is 102 Å². The van der Waals surface area contributed by atoms with Gasteiger partial charge < -0.3 is 15.4 Å². The van der Waals surface area contributed by atoms with E-state index in [1.807, 2.05) is 36.4 Å². The summed E-state index contributed by atoms with van der Waals surface area (Å²) in [4.78, 5) is 12.6. The van der Waals surface area contributed by atoms with Gasteiger partial charge in [-0.2, -0.15) is 0 Å². The Morgan fingerprint density at radius 2 is 1.63 bits per heavy atom. The highest BCUT2D eigenvalue weighted by atomic mass is 32.2. The summed E-state index contributed by atoms with van der Waals surface area (Å²) in [6.07, 6.45) is 1.15. The number of nitrogen functional groups attached to an aromatic ring is 1. The van der Waals surface area contributed by atoms with Crippen molar-refractivity contribution in [3.05, 3.63) is 84.1 Å². The molecule has 0 aliphatic rings. The number of carboxylic acids is 1. The number of fused-ring (bicyclic) bond motifs is 1. The molecule has 0 fully saturated rings. The summed E-state index contributed by atoms with van der Waals surface area (Å²) >= 11 is 0. The molecule has 1 aromatic heterocycles. The third-order valence-corrected chi connectivity index (χ3v) is 6.21. The molecule has 3 N–H and O–H groups in total. The van der Waals surface area contributed by atoms with Gasteiger partial charge in [0.1, 0.15) is 5.69 Å². The number of sulfone groups is 1. The number of hydrogen-bond acceptors (Lipinski definition) is 4. The third-order valence-electron chi connectivity index (χ3n) is 5.08. The van der Waals surface area contributed by atoms with Crippen LogP contribution in [-0.2, 0) is 16.4 Å². The van der Waals surface area contributed by atoms with E-state index >= 15 is 0 Å². The number of benzene rings is 3. The summed E-state index contributed by atoms with van der Waals surface area (Å²) in [5.74, 6) is -1.06. The number of carboxylic acid groups (broad SMARTS) is 1. The molecule has 0 aliphatic carbocycles. The number of nitrogens with two attached hydrogens (primary N) is 1. The molecule has 152 valence electrons. The van der Waals surface area contributed by atoms with Crippen LogP contribution >= 0.6 is 0 Å². The van der Waals surface area contributed by atoms with E-state index in [0.717, 1.165) is 17.4 Å². The van der Waals surface area contributed by atoms with Crippen LogP contribution in [0.2, 0.25) is 0 Å². The fraction of sp³-hybridized carbons (Fsp3) is 0.0870. The number of carbonyl (C=O) groups is 1. The van der Waals surface area contributed by atoms with Crippen molar-refractivity contribution in [1.82, 2.24) is 4.57 Å². The summed E-state index contributed by atoms with van der Waals surface area (Å²) in [6.45, 7) is 0.262. The van der Waals surface area contributed by atoms with Gasteiger partial charge in [0.05, 0.1) is 10.4 Å². The zero-order valence-corrected chi connectivity index (χ0v) is 17.1. The Morgan fingerprint density at radius 3 is 2.23 bits per heavy atom. The van der Waals surface area contributed by atoms with E-state index in [0.29, 0.717) is 22.2 Å². The van der Waals surface area contributed by atoms with Crippen molar-refractivity contribution in [3.63, 3.8) is 0 Å². The molecule has 4 rings (SSSR count). The number of aromatic carboxylic acids is 1. The van der Waals surface area contributed by atoms with Crippen molar-refractivity contribution in [2.75, 3.05) is 12.0 Å². The Bertz CT molecular complexity index is 1360. The van der Waals surface area contributed by atoms with E-state index in [9.17, 15) is 18.3 Å². The van der Waals surface area contributed by atoms with Gasteiger partial charge in [0.25, 0.3) is 0 Å². The minimum atomic E-state index is -3.30. The van der Waals surface area contributed by atoms with Crippen LogP contribution in [0.15, 0.2) is 77.7 Å². The van der Waals surface area contributed by atoms with Gasteiger partial charge >= 0.3 is 5.97 Å². The van der Waals surface area contributed by atoms with Crippen molar-refractivity contribution in [1.29, 1.82) is 0 Å². The lowest BCUT2D eigenvalue weighted by Crippen LogP contribution is -2.10. The van der Waals surface area contributed by atoms with Gasteiger partial charge in [0.2, 0.25) is 0 Å². The lowest BCUT2D eigenvalue weighted by molar-refractivity contribution is 0.0687. The summed E-state index contributed by atoms with van der Waals surface area (Å²) in [5.41, 5.74) is 9.73. The first-order valence-electron chi connectivity index (χ1n) is 9.26. The van der Waals surface area contributed by atoms with Gasteiger partial charge in [-0.1, -0.05) is 48.5 Å². The standard InChI is InChI=1S/C23H20N2O4S/c1-30(28,29)17-12-10-15(11-13-17)14-25-19-9-5-8-18(24)21(19)20(22(25)23(26)27)16-6-3-2-4-7-16/h2-13H,14,24H2,1H3,(H,26,27). The molecule has 3 aromatic carbocycles. The van der Waals surface area contributed by atoms with Gasteiger partial charge in [0.15, 0.2) is 9.84 Å². The maximum absolute atomic E-state index is 12.3. The molecule has 0 atom stereocenters. The molecule has 0 saturated heterocycles. The molecule has 1 heterocycles. The van der Waals surface area contributed by atoms with E-state index in [-0.39, 0.29) is 17.1 Å². The van der Waals surface area contributed by atoms with E-state index in [4.69, 9.17) is 5.73 Å². The average molecular weight is 420 g/mol. The SMILES string of the molecule is CS(=O)(=O)c1ccc(Cn2c(C(=O)O)c(-c3ccccc3)c3c(N)cccc32)cc1. The lowest BCUT2D eigenvalue weighted by atomic mass is 10.0. The van der Waals surface area contributed by atoms with Crippen molar-refractivity contribution < 1.29 is 18.3 Å². The van der Waals surface area contributed by atoms with E-state index in [2.05, 4.69) is 0 Å². The lowest BCUT2D eigenvalue weighted by Gasteiger charge is -2.10. The van der Waals surface area contributed by atoms with E-state index < -0.39 is 15.8 Å². The van der Waals surface area contributed by atoms with Gasteiger partial charge in [-0.3, -0.25) is 0 Å². The zero-order valence-electron chi connectivity index (χ0n) is 16.2. The summed E-state index contributed by atoms with van der Waals surface area (Å²) in [7, 11) is -3.30. The third kappa shape index (κ3) is 3.44. The quantitative estimate of drug-likeness (QED) is 0.475. The largest absolute Gasteiger partial charge is 0.477 e. The molecule has 0 radical (unpaired) electrons. The van der Waals surface area contributed by atoms with Crippen molar-refractivity contribution in [2.45, 2.75) is 11.4 Å². The average Bonchev–Trinajstić information content (AvgIpc) is 3.04. The van der Waals surface area contributed by atoms with Crippen LogP contribution in [0.3, 0.4) is 0 Å². The second-order valence-electron chi connectivity index (χ2n) is 7.14. The van der Waals surface area contributed by atoms with E-state index in [1.165, 1.54) is 12.1 Å². The minimum Gasteiger partial charge on any atom is -0.477 e. The molecule has 7 heteroatoms. The van der Waals surface area contributed by atoms with Gasteiger partial charge in [-0.15, -0.1) is 0 Å². The first-order chi connectivity index (χ1) is 14.3. The second kappa shape index (κ2) is 7.35. The zero-order chi connectivity index (χ0) is 21.5. The van der Waals surface area contributed by atoms with Crippen molar-refractivity contribution >= 4 is 32.4 Å². The number of aromatic nitrogens is 1. The van der Waals surface area contributed by atoms with Crippen LogP contribution in [0.1, 0.15) is 16.1 Å². The van der Waals surface area contributed by atoms with Crippen LogP contribution in [0.4, 0.5) is 5.69 Å². The Hall–Kier alpha value is -3.58. The van der Waals surface area contributed by atoms with Crippen LogP contribution in [0, 0.1) is 0 Å². The summed E-state index contributed by atoms with van der Waals surface area (Å²) < 4.78 is 25.2. The molecular weight excluding hydrogens is 400 g/mol. The number of anilines is 1. The summed E-state index contributed by atoms with van der Waals surface area (Å²) in [6, 6.07) is 21.1. The number of nitrogens with zero attached hydrogens (tertiary/aromatic N) is 1. The van der Waals surface area contributed by atoms with E-state index in [1.54, 1.807) is 28.8 Å². The molecule has 0 bridgehead atoms. The number of rotatable bonds is 5. The fourth-order valence-electron chi connectivity index (χ4n) is 3.73. The molecule has 30 heavy (non-hydrogen) atoms. The van der Waals surface area contributed by atoms with Crippen LogP contribution in [0.25, 0.3) is 22.0 Å². The van der Waals surface area contributed by atoms with Crippen molar-refractivity contribution in [2.24, 2.45) is 0 Å². The van der Waals surface area contributed by atoms with Gasteiger partial charge in [0, 0.05) is 29.4 Å². The highest BCUT2D eigenvalue weighted by Gasteiger charge is 2.25. The van der Waals surface area contributed by atoms with Crippen LogP contribution in [-0.4, -0.2) is 30.3 Å². The maximum atomic E-state index is 12.3. The predicted molar refractivity (Wildman–Crippen MR) is 117 cm³/mol. The molecule has 6 nitrogen and oxygen atoms in total. The van der Waals surface area contributed by atoms with Crippen molar-refractivity contribution in [3.8, 4) is 11.1 Å². The maximum Gasteiger partial charge on any atom is 0.353 e. The fourth-order valence-corrected chi connectivity index (χ4v) is 4.36. The molecule has 4 aromatic rings. The minimum absolute atomic E-state index is 0.140. The normalized spacial score (nSPS) is 11.6. The molecule has 0 saturated carbocycles. The first kappa shape index (κ1) is 19.7. The molecular formula is C23H20N2O4S. The van der Waals surface area contributed by atoms with Crippen LogP contribution in [0.5, 0.6) is 0 Å². The Labute approximate surface area is 174 Å². The van der Waals surface area contributed by atoms with Gasteiger partial charge in [-0.05, 0) is 35.4 Å². The number of hydrogen-bond donors (Lipinski definition) is 2. The first-order valence-corrected chi connectivity index (χ1v) is 11.1. The smallest absolute Gasteiger partial charge is 0.353 e. The molecule has 0 unspecified atom stereocenters. The molecule has 0 spiro atoms. The molecule has 0 amide bonds. The Morgan fingerprint density at radius 1 is 0.967 bits per heavy atom. The predicted octanol–water partition coefficient (Wildman–Crippen LogP) is 4.04. The highest BCUT2D eigenvalue weighted by Crippen LogP contribution is 2.38. The van der Waals surface area contributed by atoms with Crippen LogP contribution < -0.4 is 5.73 Å². The Kier molecular flexibility index (Phi) is 4.83. The second-order valence-corrected chi connectivity index (χ2v) is 9.15. The Balaban J connectivity index is 1.95. The molecule has 0 aliphatic heterocycles.